The molecule has 1 aromatic heterocycles. The lowest BCUT2D eigenvalue weighted by molar-refractivity contribution is 0.477. The van der Waals surface area contributed by atoms with Crippen molar-refractivity contribution in [3.05, 3.63) is 59.2 Å². The van der Waals surface area contributed by atoms with Crippen LogP contribution in [-0.2, 0) is 20.1 Å². The van der Waals surface area contributed by atoms with Crippen molar-refractivity contribution in [1.29, 1.82) is 0 Å². The molecule has 6 nitrogen and oxygen atoms in total. The zero-order valence-corrected chi connectivity index (χ0v) is 15.1. The van der Waals surface area contributed by atoms with Crippen LogP contribution in [-0.4, -0.2) is 39.2 Å². The molecule has 0 bridgehead atoms. The van der Waals surface area contributed by atoms with E-state index in [2.05, 4.69) is 32.0 Å². The summed E-state index contributed by atoms with van der Waals surface area (Å²) in [5.74, 6) is 2.48. The number of guanidine groups is 1. The highest BCUT2D eigenvalue weighted by Crippen LogP contribution is 2.11. The molecular weight excluding hydrogens is 324 g/mol. The molecule has 0 fully saturated rings. The number of aryl methyl sites for hydroxylation is 1. The van der Waals surface area contributed by atoms with Crippen LogP contribution in [0.25, 0.3) is 0 Å². The maximum absolute atomic E-state index is 5.94. The van der Waals surface area contributed by atoms with Crippen LogP contribution in [0.15, 0.2) is 41.9 Å². The fraction of sp³-hybridized carbons (Fsp3) is 0.353. The van der Waals surface area contributed by atoms with E-state index in [4.69, 9.17) is 11.6 Å². The molecule has 0 amide bonds. The Hall–Kier alpha value is -2.34. The number of hydrogen-bond donors (Lipinski definition) is 1. The first-order chi connectivity index (χ1) is 11.5. The quantitative estimate of drug-likeness (QED) is 0.496. The zero-order valence-electron chi connectivity index (χ0n) is 14.3. The van der Waals surface area contributed by atoms with Crippen molar-refractivity contribution in [1.82, 2.24) is 25.0 Å². The number of hydrogen-bond acceptors (Lipinski definition) is 3. The predicted molar refractivity (Wildman–Crippen MR) is 98.0 cm³/mol. The van der Waals surface area contributed by atoms with E-state index in [1.165, 1.54) is 0 Å². The third-order valence-electron chi connectivity index (χ3n) is 3.65. The second-order valence-corrected chi connectivity index (χ2v) is 5.95. The monoisotopic (exact) mass is 346 g/mol. The smallest absolute Gasteiger partial charge is 0.194 e. The van der Waals surface area contributed by atoms with Crippen LogP contribution in [0.1, 0.15) is 17.2 Å². The van der Waals surface area contributed by atoms with Crippen molar-refractivity contribution in [3.8, 4) is 0 Å². The van der Waals surface area contributed by atoms with E-state index in [-0.39, 0.29) is 0 Å². The molecule has 0 aliphatic rings. The number of nitrogens with zero attached hydrogens (tertiary/aromatic N) is 5. The number of nitrogens with one attached hydrogen (secondary N) is 1. The van der Waals surface area contributed by atoms with Gasteiger partial charge in [0.25, 0.3) is 0 Å². The first-order valence-electron chi connectivity index (χ1n) is 7.71. The van der Waals surface area contributed by atoms with Crippen LogP contribution >= 0.6 is 11.6 Å². The number of benzene rings is 1. The Labute approximate surface area is 147 Å². The first-order valence-corrected chi connectivity index (χ1v) is 8.08. The molecule has 0 aliphatic heterocycles. The molecule has 128 valence electrons. The van der Waals surface area contributed by atoms with Crippen molar-refractivity contribution in [2.45, 2.75) is 20.0 Å². The maximum atomic E-state index is 5.94. The molecule has 1 N–H and O–H groups in total. The van der Waals surface area contributed by atoms with Gasteiger partial charge >= 0.3 is 0 Å². The molecule has 0 radical (unpaired) electrons. The highest BCUT2D eigenvalue weighted by Gasteiger charge is 2.09. The summed E-state index contributed by atoms with van der Waals surface area (Å²) in [6.07, 6.45) is 1.80. The number of halogens is 1. The normalized spacial score (nSPS) is 11.4. The number of aromatic nitrogens is 3. The summed E-state index contributed by atoms with van der Waals surface area (Å²) in [4.78, 5) is 6.71. The van der Waals surface area contributed by atoms with E-state index in [1.807, 2.05) is 49.9 Å². The molecule has 0 aliphatic carbocycles. The van der Waals surface area contributed by atoms with Crippen LogP contribution in [0.3, 0.4) is 0 Å². The molecule has 24 heavy (non-hydrogen) atoms. The summed E-state index contributed by atoms with van der Waals surface area (Å²) in [5.41, 5.74) is 1.16. The van der Waals surface area contributed by atoms with Gasteiger partial charge in [-0.15, -0.1) is 16.8 Å². The average molecular weight is 347 g/mol. The topological polar surface area (TPSA) is 58.3 Å². The van der Waals surface area contributed by atoms with Crippen molar-refractivity contribution in [3.63, 3.8) is 0 Å². The van der Waals surface area contributed by atoms with E-state index in [9.17, 15) is 0 Å². The lowest BCUT2D eigenvalue weighted by Gasteiger charge is -2.22. The number of aliphatic imine (C=N–C) groups is 1. The summed E-state index contributed by atoms with van der Waals surface area (Å²) < 4.78 is 1.94. The van der Waals surface area contributed by atoms with Gasteiger partial charge in [0.2, 0.25) is 0 Å². The third kappa shape index (κ3) is 4.83. The molecule has 0 spiro atoms. The molecule has 7 heteroatoms. The van der Waals surface area contributed by atoms with Gasteiger partial charge in [-0.2, -0.15) is 0 Å². The minimum Gasteiger partial charge on any atom is -0.353 e. The first kappa shape index (κ1) is 18.0. The van der Waals surface area contributed by atoms with Gasteiger partial charge in [-0.25, -0.2) is 4.99 Å². The molecule has 1 aromatic carbocycles. The lowest BCUT2D eigenvalue weighted by atomic mass is 10.2. The second kappa shape index (κ2) is 8.49. The van der Waals surface area contributed by atoms with E-state index >= 15 is 0 Å². The Morgan fingerprint density at radius 1 is 1.38 bits per heavy atom. The van der Waals surface area contributed by atoms with Gasteiger partial charge in [0, 0.05) is 32.2 Å². The summed E-state index contributed by atoms with van der Waals surface area (Å²) in [5, 5.41) is 12.2. The standard InChI is InChI=1S/C17H23ClN6/c1-5-10-19-17(20-11-16-22-21-13(2)24(16)4)23(3)12-14-6-8-15(18)9-7-14/h5-9H,1,10-12H2,2-4H3,(H,19,20). The summed E-state index contributed by atoms with van der Waals surface area (Å²) in [7, 11) is 3.93. The minimum absolute atomic E-state index is 0.460. The highest BCUT2D eigenvalue weighted by molar-refractivity contribution is 6.30. The molecule has 1 heterocycles. The van der Waals surface area contributed by atoms with Gasteiger partial charge in [0.05, 0.1) is 0 Å². The van der Waals surface area contributed by atoms with Crippen molar-refractivity contribution >= 4 is 17.6 Å². The Balaban J connectivity index is 2.10. The van der Waals surface area contributed by atoms with Crippen LogP contribution in [0, 0.1) is 6.92 Å². The Bertz CT molecular complexity index is 704. The summed E-state index contributed by atoms with van der Waals surface area (Å²) in [6, 6.07) is 7.80. The predicted octanol–water partition coefficient (Wildman–Crippen LogP) is 2.54. The maximum Gasteiger partial charge on any atom is 0.194 e. The molecule has 2 aromatic rings. The molecule has 0 saturated carbocycles. The fourth-order valence-electron chi connectivity index (χ4n) is 2.15. The highest BCUT2D eigenvalue weighted by atomic mass is 35.5. The van der Waals surface area contributed by atoms with Gasteiger partial charge in [0.1, 0.15) is 12.4 Å². The lowest BCUT2D eigenvalue weighted by Crippen LogP contribution is -2.38. The van der Waals surface area contributed by atoms with Gasteiger partial charge in [0.15, 0.2) is 11.8 Å². The van der Waals surface area contributed by atoms with E-state index in [1.54, 1.807) is 6.08 Å². The Kier molecular flexibility index (Phi) is 6.37. The summed E-state index contributed by atoms with van der Waals surface area (Å²) >= 11 is 5.94. The van der Waals surface area contributed by atoms with Gasteiger partial charge in [-0.1, -0.05) is 29.8 Å². The third-order valence-corrected chi connectivity index (χ3v) is 3.90. The van der Waals surface area contributed by atoms with Gasteiger partial charge < -0.3 is 14.8 Å². The van der Waals surface area contributed by atoms with Crippen molar-refractivity contribution in [2.24, 2.45) is 12.0 Å². The summed E-state index contributed by atoms with van der Waals surface area (Å²) in [6.45, 7) is 7.49. The minimum atomic E-state index is 0.460. The number of rotatable bonds is 6. The van der Waals surface area contributed by atoms with E-state index in [0.29, 0.717) is 13.1 Å². The van der Waals surface area contributed by atoms with Gasteiger partial charge in [-0.3, -0.25) is 0 Å². The molecule has 0 unspecified atom stereocenters. The SMILES string of the molecule is C=CCNC(=NCc1nnc(C)n1C)N(C)Cc1ccc(Cl)cc1. The zero-order chi connectivity index (χ0) is 17.5. The fourth-order valence-corrected chi connectivity index (χ4v) is 2.27. The van der Waals surface area contributed by atoms with Crippen LogP contribution in [0.5, 0.6) is 0 Å². The van der Waals surface area contributed by atoms with E-state index in [0.717, 1.165) is 34.7 Å². The van der Waals surface area contributed by atoms with Crippen LogP contribution < -0.4 is 5.32 Å². The largest absolute Gasteiger partial charge is 0.353 e. The average Bonchev–Trinajstić information content (AvgIpc) is 2.89. The van der Waals surface area contributed by atoms with Crippen LogP contribution in [0.4, 0.5) is 0 Å². The Morgan fingerprint density at radius 2 is 2.08 bits per heavy atom. The van der Waals surface area contributed by atoms with E-state index < -0.39 is 0 Å². The van der Waals surface area contributed by atoms with Crippen LogP contribution in [0.2, 0.25) is 5.02 Å². The molecule has 0 atom stereocenters. The molecule has 2 rings (SSSR count). The van der Waals surface area contributed by atoms with Crippen molar-refractivity contribution < 1.29 is 0 Å². The molecular formula is C17H23ClN6. The molecule has 0 saturated heterocycles. The Morgan fingerprint density at radius 3 is 2.67 bits per heavy atom. The van der Waals surface area contributed by atoms with Crippen molar-refractivity contribution in [2.75, 3.05) is 13.6 Å². The second-order valence-electron chi connectivity index (χ2n) is 5.51. The van der Waals surface area contributed by atoms with Gasteiger partial charge in [-0.05, 0) is 24.6 Å².